The number of amides is 1. The highest BCUT2D eigenvalue weighted by molar-refractivity contribution is 5.79. The van der Waals surface area contributed by atoms with Crippen molar-refractivity contribution in [3.05, 3.63) is 0 Å². The number of carbonyl (C=O) groups is 1. The van der Waals surface area contributed by atoms with Crippen molar-refractivity contribution in [1.82, 2.24) is 4.90 Å². The van der Waals surface area contributed by atoms with Crippen LogP contribution in [0.25, 0.3) is 0 Å². The summed E-state index contributed by atoms with van der Waals surface area (Å²) >= 11 is 0. The molecule has 2 aliphatic heterocycles. The van der Waals surface area contributed by atoms with Crippen LogP contribution in [0.3, 0.4) is 0 Å². The molecule has 3 fully saturated rings. The van der Waals surface area contributed by atoms with Gasteiger partial charge in [0.2, 0.25) is 5.91 Å². The fourth-order valence-electron chi connectivity index (χ4n) is 4.74. The summed E-state index contributed by atoms with van der Waals surface area (Å²) in [4.78, 5) is 15.1. The molecule has 0 aromatic rings. The number of piperidine rings is 1. The first-order valence-electron chi connectivity index (χ1n) is 9.04. The van der Waals surface area contributed by atoms with Gasteiger partial charge in [0.15, 0.2) is 0 Å². The largest absolute Gasteiger partial charge is 0.384 e. The maximum Gasteiger partial charge on any atom is 0.225 e. The van der Waals surface area contributed by atoms with Gasteiger partial charge in [0.25, 0.3) is 0 Å². The summed E-state index contributed by atoms with van der Waals surface area (Å²) < 4.78 is 11.5. The highest BCUT2D eigenvalue weighted by Crippen LogP contribution is 2.41. The highest BCUT2D eigenvalue weighted by atomic mass is 16.5. The van der Waals surface area contributed by atoms with Crippen molar-refractivity contribution in [2.75, 3.05) is 33.4 Å². The van der Waals surface area contributed by atoms with Crippen LogP contribution in [0.1, 0.15) is 51.9 Å². The fourth-order valence-corrected chi connectivity index (χ4v) is 4.74. The molecule has 2 saturated heterocycles. The smallest absolute Gasteiger partial charge is 0.225 e. The van der Waals surface area contributed by atoms with Crippen molar-refractivity contribution >= 4 is 5.91 Å². The lowest BCUT2D eigenvalue weighted by Crippen LogP contribution is -2.58. The van der Waals surface area contributed by atoms with E-state index in [1.54, 1.807) is 7.11 Å². The minimum absolute atomic E-state index is 0.0306. The molecule has 0 aromatic heterocycles. The molecule has 1 amide bonds. The van der Waals surface area contributed by atoms with Gasteiger partial charge in [0, 0.05) is 38.1 Å². The maximum atomic E-state index is 12.9. The molecule has 0 aromatic carbocycles. The van der Waals surface area contributed by atoms with Crippen molar-refractivity contribution < 1.29 is 14.3 Å². The van der Waals surface area contributed by atoms with Crippen molar-refractivity contribution in [1.29, 1.82) is 0 Å². The zero-order chi connectivity index (χ0) is 15.6. The molecule has 1 aliphatic carbocycles. The van der Waals surface area contributed by atoms with Crippen molar-refractivity contribution in [3.63, 3.8) is 0 Å². The summed E-state index contributed by atoms with van der Waals surface area (Å²) in [7, 11) is 1.77. The van der Waals surface area contributed by atoms with Crippen molar-refractivity contribution in [2.45, 2.75) is 58.0 Å². The van der Waals surface area contributed by atoms with Gasteiger partial charge in [0.05, 0.1) is 12.7 Å². The predicted octanol–water partition coefficient (Wildman–Crippen LogP) is 2.86. The van der Waals surface area contributed by atoms with E-state index in [9.17, 15) is 4.79 Å². The van der Waals surface area contributed by atoms with Crippen LogP contribution in [0.15, 0.2) is 0 Å². The molecule has 0 spiro atoms. The normalized spacial score (nSPS) is 39.4. The second-order valence-corrected chi connectivity index (χ2v) is 7.76. The van der Waals surface area contributed by atoms with E-state index >= 15 is 0 Å². The summed E-state index contributed by atoms with van der Waals surface area (Å²) in [5.41, 5.74) is 0.0306. The third-order valence-electron chi connectivity index (χ3n) is 6.10. The topological polar surface area (TPSA) is 38.8 Å². The molecule has 3 rings (SSSR count). The first-order valence-corrected chi connectivity index (χ1v) is 9.04. The number of rotatable bonds is 3. The standard InChI is InChI=1S/C18H31NO3/c1-14-4-6-15(7-5-14)17(20)19-10-8-16-18(12-19,13-21-2)9-3-11-22-16/h14-16H,3-13H2,1-2H3. The Bertz CT molecular complexity index is 388. The number of fused-ring (bicyclic) bond motifs is 1. The molecule has 3 aliphatic rings. The molecule has 0 bridgehead atoms. The number of likely N-dealkylation sites (tertiary alicyclic amines) is 1. The van der Waals surface area contributed by atoms with Gasteiger partial charge in [-0.3, -0.25) is 4.79 Å². The average molecular weight is 309 g/mol. The Morgan fingerprint density at radius 2 is 2.05 bits per heavy atom. The molecule has 2 heterocycles. The summed E-state index contributed by atoms with van der Waals surface area (Å²) in [6.07, 6.45) is 8.02. The van der Waals surface area contributed by atoms with Gasteiger partial charge in [-0.15, -0.1) is 0 Å². The van der Waals surface area contributed by atoms with Crippen LogP contribution < -0.4 is 0 Å². The SMILES string of the molecule is COCC12CCCOC1CCN(C(=O)C1CCC(C)CC1)C2. The van der Waals surface area contributed by atoms with E-state index in [0.29, 0.717) is 12.5 Å². The number of methoxy groups -OCH3 is 1. The third-order valence-corrected chi connectivity index (χ3v) is 6.10. The van der Waals surface area contributed by atoms with E-state index in [4.69, 9.17) is 9.47 Å². The first-order chi connectivity index (χ1) is 10.6. The maximum absolute atomic E-state index is 12.9. The van der Waals surface area contributed by atoms with Gasteiger partial charge in [-0.05, 0) is 50.9 Å². The zero-order valence-electron chi connectivity index (χ0n) is 14.2. The summed E-state index contributed by atoms with van der Waals surface area (Å²) in [6.45, 7) is 5.57. The molecule has 126 valence electrons. The highest BCUT2D eigenvalue weighted by Gasteiger charge is 2.47. The number of ether oxygens (including phenoxy) is 2. The first kappa shape index (κ1) is 16.3. The van der Waals surface area contributed by atoms with E-state index in [1.165, 1.54) is 12.8 Å². The van der Waals surface area contributed by atoms with E-state index in [1.807, 2.05) is 0 Å². The van der Waals surface area contributed by atoms with Crippen LogP contribution in [0.5, 0.6) is 0 Å². The lowest BCUT2D eigenvalue weighted by molar-refractivity contribution is -0.165. The van der Waals surface area contributed by atoms with Gasteiger partial charge in [-0.1, -0.05) is 6.92 Å². The molecular weight excluding hydrogens is 278 g/mol. The van der Waals surface area contributed by atoms with Gasteiger partial charge in [-0.25, -0.2) is 0 Å². The molecule has 0 radical (unpaired) electrons. The summed E-state index contributed by atoms with van der Waals surface area (Å²) in [5, 5.41) is 0. The lowest BCUT2D eigenvalue weighted by atomic mass is 9.72. The Kier molecular flexibility index (Phi) is 5.08. The Morgan fingerprint density at radius 1 is 1.27 bits per heavy atom. The summed E-state index contributed by atoms with van der Waals surface area (Å²) in [5.74, 6) is 1.45. The monoisotopic (exact) mass is 309 g/mol. The Hall–Kier alpha value is -0.610. The average Bonchev–Trinajstić information content (AvgIpc) is 2.54. The number of carbonyl (C=O) groups excluding carboxylic acids is 1. The minimum atomic E-state index is 0.0306. The van der Waals surface area contributed by atoms with Gasteiger partial charge in [-0.2, -0.15) is 0 Å². The van der Waals surface area contributed by atoms with E-state index in [2.05, 4.69) is 11.8 Å². The van der Waals surface area contributed by atoms with Crippen molar-refractivity contribution in [2.24, 2.45) is 17.3 Å². The minimum Gasteiger partial charge on any atom is -0.384 e. The predicted molar refractivity (Wildman–Crippen MR) is 85.6 cm³/mol. The molecular formula is C18H31NO3. The van der Waals surface area contributed by atoms with E-state index in [0.717, 1.165) is 57.7 Å². The molecule has 0 N–H and O–H groups in total. The van der Waals surface area contributed by atoms with Crippen LogP contribution in [0.4, 0.5) is 0 Å². The third kappa shape index (κ3) is 3.18. The van der Waals surface area contributed by atoms with E-state index < -0.39 is 0 Å². The molecule has 4 nitrogen and oxygen atoms in total. The number of hydrogen-bond acceptors (Lipinski definition) is 3. The number of hydrogen-bond donors (Lipinski definition) is 0. The Morgan fingerprint density at radius 3 is 2.77 bits per heavy atom. The van der Waals surface area contributed by atoms with Gasteiger partial charge >= 0.3 is 0 Å². The Balaban J connectivity index is 1.66. The summed E-state index contributed by atoms with van der Waals surface area (Å²) in [6, 6.07) is 0. The van der Waals surface area contributed by atoms with Crippen LogP contribution in [-0.4, -0.2) is 50.3 Å². The van der Waals surface area contributed by atoms with Crippen LogP contribution >= 0.6 is 0 Å². The van der Waals surface area contributed by atoms with Gasteiger partial charge < -0.3 is 14.4 Å². The van der Waals surface area contributed by atoms with E-state index in [-0.39, 0.29) is 17.4 Å². The van der Waals surface area contributed by atoms with Crippen molar-refractivity contribution in [3.8, 4) is 0 Å². The van der Waals surface area contributed by atoms with Crippen LogP contribution in [0, 0.1) is 17.3 Å². The second-order valence-electron chi connectivity index (χ2n) is 7.76. The van der Waals surface area contributed by atoms with Gasteiger partial charge in [0.1, 0.15) is 0 Å². The van der Waals surface area contributed by atoms with Crippen LogP contribution in [0.2, 0.25) is 0 Å². The molecule has 1 saturated carbocycles. The number of nitrogens with zero attached hydrogens (tertiary/aromatic N) is 1. The second kappa shape index (κ2) is 6.88. The molecule has 2 atom stereocenters. The zero-order valence-corrected chi connectivity index (χ0v) is 14.2. The quantitative estimate of drug-likeness (QED) is 0.804. The molecule has 22 heavy (non-hydrogen) atoms. The van der Waals surface area contributed by atoms with Crippen LogP contribution in [-0.2, 0) is 14.3 Å². The lowest BCUT2D eigenvalue weighted by Gasteiger charge is -2.50. The fraction of sp³-hybridized carbons (Fsp3) is 0.944. The Labute approximate surface area is 134 Å². The molecule has 2 unspecified atom stereocenters. The molecule has 4 heteroatoms.